The maximum atomic E-state index is 13.1. The first kappa shape index (κ1) is 13.3. The Kier molecular flexibility index (Phi) is 4.28. The van der Waals surface area contributed by atoms with E-state index >= 15 is 0 Å². The van der Waals surface area contributed by atoms with Gasteiger partial charge in [-0.05, 0) is 24.6 Å². The lowest BCUT2D eigenvalue weighted by Crippen LogP contribution is -2.40. The van der Waals surface area contributed by atoms with Gasteiger partial charge >= 0.3 is 5.97 Å². The number of nitrogens with one attached hydrogen (secondary N) is 1. The summed E-state index contributed by atoms with van der Waals surface area (Å²) in [4.78, 5) is 14.4. The second kappa shape index (κ2) is 6.13. The molecule has 0 atom stereocenters. The number of ether oxygens (including phenoxy) is 1. The summed E-state index contributed by atoms with van der Waals surface area (Å²) in [6.07, 6.45) is 4.05. The summed E-state index contributed by atoms with van der Waals surface area (Å²) < 4.78 is 19.8. The van der Waals surface area contributed by atoms with Crippen molar-refractivity contribution in [2.24, 2.45) is 0 Å². The van der Waals surface area contributed by atoms with Crippen molar-refractivity contribution >= 4 is 5.97 Å². The summed E-state index contributed by atoms with van der Waals surface area (Å²) in [5.74, 6) is -0.544. The lowest BCUT2D eigenvalue weighted by Gasteiger charge is -2.03. The predicted molar refractivity (Wildman–Crippen MR) is 66.8 cm³/mol. The molecule has 2 aromatic rings. The third-order valence-corrected chi connectivity index (χ3v) is 2.73. The third-order valence-electron chi connectivity index (χ3n) is 2.73. The number of imidazole rings is 1. The summed E-state index contributed by atoms with van der Waals surface area (Å²) >= 11 is 0. The molecule has 1 heterocycles. The second-order valence-electron chi connectivity index (χ2n) is 4.17. The number of carbonyl (C=O) groups is 1. The number of hydrogen-bond donors (Lipinski definition) is 1. The maximum Gasteiger partial charge on any atom is 0.348 e. The molecule has 2 rings (SSSR count). The molecule has 0 spiro atoms. The van der Waals surface area contributed by atoms with E-state index in [4.69, 9.17) is 4.74 Å². The topological polar surface area (TPSA) is 46.0 Å². The number of nitrogens with zero attached hydrogens (tertiary/aromatic N) is 1. The van der Waals surface area contributed by atoms with Crippen molar-refractivity contribution < 1.29 is 18.5 Å². The SMILES string of the molecule is CCOC(=O)C[n+]1c[nH]cc1Cc1cccc(F)c1. The van der Waals surface area contributed by atoms with Gasteiger partial charge in [0.2, 0.25) is 6.33 Å². The fourth-order valence-electron chi connectivity index (χ4n) is 1.89. The number of H-pyrrole nitrogens is 1. The number of esters is 1. The minimum atomic E-state index is -0.285. The molecule has 1 aromatic heterocycles. The average molecular weight is 263 g/mol. The number of aromatic nitrogens is 2. The number of halogens is 1. The van der Waals surface area contributed by atoms with Gasteiger partial charge in [-0.1, -0.05) is 12.1 Å². The molecule has 4 nitrogen and oxygen atoms in total. The first-order chi connectivity index (χ1) is 9.19. The van der Waals surface area contributed by atoms with Crippen LogP contribution in [0.15, 0.2) is 36.8 Å². The first-order valence-corrected chi connectivity index (χ1v) is 6.14. The highest BCUT2D eigenvalue weighted by Crippen LogP contribution is 2.07. The van der Waals surface area contributed by atoms with Crippen LogP contribution in [0, 0.1) is 5.82 Å². The zero-order chi connectivity index (χ0) is 13.7. The highest BCUT2D eigenvalue weighted by Gasteiger charge is 2.14. The molecule has 0 saturated heterocycles. The number of hydrogen-bond acceptors (Lipinski definition) is 2. The minimum Gasteiger partial charge on any atom is -0.463 e. The third kappa shape index (κ3) is 3.64. The monoisotopic (exact) mass is 263 g/mol. The van der Waals surface area contributed by atoms with Crippen LogP contribution in [0.4, 0.5) is 4.39 Å². The molecule has 19 heavy (non-hydrogen) atoms. The predicted octanol–water partition coefficient (Wildman–Crippen LogP) is 1.60. The largest absolute Gasteiger partial charge is 0.463 e. The number of rotatable bonds is 5. The molecular formula is C14H16FN2O2+. The van der Waals surface area contributed by atoms with E-state index in [2.05, 4.69) is 4.98 Å². The van der Waals surface area contributed by atoms with Crippen molar-refractivity contribution in [1.29, 1.82) is 0 Å². The van der Waals surface area contributed by atoms with Crippen LogP contribution in [0.2, 0.25) is 0 Å². The molecule has 0 aliphatic carbocycles. The Bertz CT molecular complexity index is 566. The Balaban J connectivity index is 2.09. The van der Waals surface area contributed by atoms with E-state index in [9.17, 15) is 9.18 Å². The second-order valence-corrected chi connectivity index (χ2v) is 4.17. The van der Waals surface area contributed by atoms with E-state index in [1.165, 1.54) is 12.1 Å². The number of carbonyl (C=O) groups excluding carboxylic acids is 1. The van der Waals surface area contributed by atoms with Gasteiger partial charge in [-0.3, -0.25) is 0 Å². The van der Waals surface area contributed by atoms with E-state index in [0.29, 0.717) is 13.0 Å². The zero-order valence-electron chi connectivity index (χ0n) is 10.7. The van der Waals surface area contributed by atoms with Crippen LogP contribution >= 0.6 is 0 Å². The Morgan fingerprint density at radius 1 is 1.47 bits per heavy atom. The molecule has 5 heteroatoms. The van der Waals surface area contributed by atoms with E-state index in [0.717, 1.165) is 11.3 Å². The van der Waals surface area contributed by atoms with Crippen LogP contribution in [-0.2, 0) is 22.5 Å². The normalized spacial score (nSPS) is 10.4. The Morgan fingerprint density at radius 2 is 2.32 bits per heavy atom. The van der Waals surface area contributed by atoms with Crippen molar-refractivity contribution in [3.63, 3.8) is 0 Å². The molecule has 0 amide bonds. The maximum absolute atomic E-state index is 13.1. The summed E-state index contributed by atoms with van der Waals surface area (Å²) in [7, 11) is 0. The van der Waals surface area contributed by atoms with Crippen LogP contribution in [0.1, 0.15) is 18.2 Å². The minimum absolute atomic E-state index is 0.155. The molecule has 100 valence electrons. The summed E-state index contributed by atoms with van der Waals surface area (Å²) in [6, 6.07) is 6.42. The van der Waals surface area contributed by atoms with Crippen molar-refractivity contribution in [1.82, 2.24) is 4.98 Å². The van der Waals surface area contributed by atoms with Crippen molar-refractivity contribution in [2.75, 3.05) is 6.61 Å². The van der Waals surface area contributed by atoms with Gasteiger partial charge in [0.25, 0.3) is 0 Å². The highest BCUT2D eigenvalue weighted by atomic mass is 19.1. The van der Waals surface area contributed by atoms with E-state index in [-0.39, 0.29) is 18.3 Å². The quantitative estimate of drug-likeness (QED) is 0.658. The Morgan fingerprint density at radius 3 is 3.05 bits per heavy atom. The van der Waals surface area contributed by atoms with Crippen LogP contribution in [-0.4, -0.2) is 17.6 Å². The first-order valence-electron chi connectivity index (χ1n) is 6.14. The molecule has 0 saturated carbocycles. The van der Waals surface area contributed by atoms with E-state index in [1.807, 2.05) is 6.07 Å². The fraction of sp³-hybridized carbons (Fsp3) is 0.286. The summed E-state index contributed by atoms with van der Waals surface area (Å²) in [6.45, 7) is 2.29. The summed E-state index contributed by atoms with van der Waals surface area (Å²) in [5, 5.41) is 0. The Hall–Kier alpha value is -2.17. The molecule has 1 N–H and O–H groups in total. The fourth-order valence-corrected chi connectivity index (χ4v) is 1.89. The molecular weight excluding hydrogens is 247 g/mol. The smallest absolute Gasteiger partial charge is 0.348 e. The molecule has 0 bridgehead atoms. The van der Waals surface area contributed by atoms with Gasteiger partial charge in [-0.15, -0.1) is 0 Å². The number of aromatic amines is 1. The lowest BCUT2D eigenvalue weighted by molar-refractivity contribution is -0.691. The van der Waals surface area contributed by atoms with E-state index < -0.39 is 0 Å². The van der Waals surface area contributed by atoms with Crippen molar-refractivity contribution in [2.45, 2.75) is 19.9 Å². The molecule has 0 aliphatic heterocycles. The van der Waals surface area contributed by atoms with Gasteiger partial charge in [-0.25, -0.2) is 18.7 Å². The van der Waals surface area contributed by atoms with Crippen molar-refractivity contribution in [3.05, 3.63) is 53.9 Å². The van der Waals surface area contributed by atoms with Gasteiger partial charge in [-0.2, -0.15) is 0 Å². The molecule has 0 radical (unpaired) electrons. The average Bonchev–Trinajstić information content (AvgIpc) is 2.77. The van der Waals surface area contributed by atoms with Gasteiger partial charge < -0.3 is 4.74 Å². The molecule has 0 fully saturated rings. The molecule has 0 unspecified atom stereocenters. The van der Waals surface area contributed by atoms with Crippen molar-refractivity contribution in [3.8, 4) is 0 Å². The van der Waals surface area contributed by atoms with Gasteiger partial charge in [0, 0.05) is 6.42 Å². The van der Waals surface area contributed by atoms with Crippen LogP contribution in [0.25, 0.3) is 0 Å². The Labute approximate surface area is 110 Å². The highest BCUT2D eigenvalue weighted by molar-refractivity contribution is 5.67. The van der Waals surface area contributed by atoms with E-state index in [1.54, 1.807) is 30.1 Å². The number of benzene rings is 1. The lowest BCUT2D eigenvalue weighted by atomic mass is 10.1. The van der Waals surface area contributed by atoms with Crippen LogP contribution in [0.5, 0.6) is 0 Å². The van der Waals surface area contributed by atoms with Crippen LogP contribution < -0.4 is 4.57 Å². The van der Waals surface area contributed by atoms with Gasteiger partial charge in [0.05, 0.1) is 6.61 Å². The van der Waals surface area contributed by atoms with Crippen LogP contribution in [0.3, 0.4) is 0 Å². The molecule has 1 aromatic carbocycles. The zero-order valence-corrected chi connectivity index (χ0v) is 10.7. The standard InChI is InChI=1S/C14H15FN2O2/c1-2-19-14(18)9-17-10-16-8-13(17)7-11-4-3-5-12(15)6-11/h3-6,8,10H,2,7,9H2,1H3/p+1. The molecule has 0 aliphatic rings. The summed E-state index contributed by atoms with van der Waals surface area (Å²) in [5.41, 5.74) is 1.76. The van der Waals surface area contributed by atoms with Gasteiger partial charge in [0.15, 0.2) is 6.54 Å². The van der Waals surface area contributed by atoms with Gasteiger partial charge in [0.1, 0.15) is 17.7 Å².